The molecule has 1 saturated carbocycles. The highest BCUT2D eigenvalue weighted by Crippen LogP contribution is 2.30. The lowest BCUT2D eigenvalue weighted by molar-refractivity contribution is 0.120. The predicted molar refractivity (Wildman–Crippen MR) is 123 cm³/mol. The van der Waals surface area contributed by atoms with Crippen LogP contribution in [0.3, 0.4) is 0 Å². The van der Waals surface area contributed by atoms with Crippen molar-refractivity contribution >= 4 is 27.6 Å². The number of fused-ring (bicyclic) bond motifs is 2. The van der Waals surface area contributed by atoms with Crippen LogP contribution in [0.5, 0.6) is 5.75 Å². The molecule has 0 unspecified atom stereocenters. The van der Waals surface area contributed by atoms with Gasteiger partial charge in [-0.2, -0.15) is 5.10 Å². The third-order valence-electron chi connectivity index (χ3n) is 6.50. The van der Waals surface area contributed by atoms with Crippen molar-refractivity contribution in [3.8, 4) is 5.75 Å². The molecule has 8 heteroatoms. The third kappa shape index (κ3) is 3.50. The van der Waals surface area contributed by atoms with Crippen LogP contribution >= 0.6 is 0 Å². The number of rotatable bonds is 5. The van der Waals surface area contributed by atoms with Gasteiger partial charge >= 0.3 is 0 Å². The Morgan fingerprint density at radius 3 is 2.75 bits per heavy atom. The second kappa shape index (κ2) is 7.94. The molecule has 164 valence electrons. The quantitative estimate of drug-likeness (QED) is 0.501. The average molecular weight is 431 g/mol. The molecule has 2 N–H and O–H groups in total. The zero-order valence-electron chi connectivity index (χ0n) is 17.8. The number of piperazine rings is 1. The SMILES string of the molecule is O=c1[nH]nc(Cc2ccc3onc(N4CCNCC4)c3c2)c2cc(OC3CCC3)ccc12. The first-order chi connectivity index (χ1) is 15.7. The van der Waals surface area contributed by atoms with Gasteiger partial charge in [0.2, 0.25) is 0 Å². The lowest BCUT2D eigenvalue weighted by atomic mass is 9.96. The Bertz CT molecular complexity index is 1330. The van der Waals surface area contributed by atoms with Crippen LogP contribution in [0.1, 0.15) is 30.5 Å². The summed E-state index contributed by atoms with van der Waals surface area (Å²) in [5.41, 5.74) is 2.49. The third-order valence-corrected chi connectivity index (χ3v) is 6.50. The molecule has 6 rings (SSSR count). The summed E-state index contributed by atoms with van der Waals surface area (Å²) in [5.74, 6) is 1.69. The van der Waals surface area contributed by atoms with E-state index in [0.717, 1.165) is 78.2 Å². The van der Waals surface area contributed by atoms with Gasteiger partial charge in [0.1, 0.15) is 5.75 Å². The summed E-state index contributed by atoms with van der Waals surface area (Å²) in [5, 5.41) is 17.2. The van der Waals surface area contributed by atoms with Crippen LogP contribution < -0.4 is 20.5 Å². The van der Waals surface area contributed by atoms with E-state index in [4.69, 9.17) is 9.26 Å². The van der Waals surface area contributed by atoms with E-state index in [1.165, 1.54) is 6.42 Å². The van der Waals surface area contributed by atoms with E-state index in [9.17, 15) is 4.79 Å². The van der Waals surface area contributed by atoms with Gasteiger partial charge in [-0.05, 0) is 55.2 Å². The maximum absolute atomic E-state index is 12.4. The van der Waals surface area contributed by atoms with E-state index in [-0.39, 0.29) is 11.7 Å². The van der Waals surface area contributed by atoms with Crippen molar-refractivity contribution in [2.45, 2.75) is 31.8 Å². The molecule has 0 spiro atoms. The lowest BCUT2D eigenvalue weighted by Crippen LogP contribution is -2.43. The molecule has 2 aromatic carbocycles. The van der Waals surface area contributed by atoms with E-state index in [2.05, 4.69) is 31.6 Å². The summed E-state index contributed by atoms with van der Waals surface area (Å²) >= 11 is 0. The molecule has 0 atom stereocenters. The van der Waals surface area contributed by atoms with E-state index < -0.39 is 0 Å². The summed E-state index contributed by atoms with van der Waals surface area (Å²) in [6.45, 7) is 3.68. The van der Waals surface area contributed by atoms with Gasteiger partial charge in [-0.25, -0.2) is 5.10 Å². The molecule has 2 aromatic heterocycles. The molecule has 1 aliphatic heterocycles. The number of hydrogen-bond donors (Lipinski definition) is 2. The van der Waals surface area contributed by atoms with E-state index in [1.807, 2.05) is 30.3 Å². The number of anilines is 1. The number of nitrogens with one attached hydrogen (secondary N) is 2. The maximum atomic E-state index is 12.4. The fourth-order valence-electron chi connectivity index (χ4n) is 4.47. The van der Waals surface area contributed by atoms with Crippen LogP contribution in [0.4, 0.5) is 5.82 Å². The average Bonchev–Trinajstić information content (AvgIpc) is 3.22. The van der Waals surface area contributed by atoms with Gasteiger partial charge in [-0.3, -0.25) is 4.79 Å². The van der Waals surface area contributed by atoms with Gasteiger partial charge in [0, 0.05) is 38.0 Å². The van der Waals surface area contributed by atoms with Crippen LogP contribution in [0.2, 0.25) is 0 Å². The molecular formula is C24H25N5O3. The van der Waals surface area contributed by atoms with Gasteiger partial charge in [0.05, 0.1) is 22.6 Å². The van der Waals surface area contributed by atoms with Crippen LogP contribution in [0.25, 0.3) is 21.7 Å². The Morgan fingerprint density at radius 1 is 1.06 bits per heavy atom. The zero-order chi connectivity index (χ0) is 21.5. The summed E-state index contributed by atoms with van der Waals surface area (Å²) in [6, 6.07) is 11.8. The van der Waals surface area contributed by atoms with Crippen LogP contribution in [0, 0.1) is 0 Å². The standard InChI is InChI=1S/C24H25N5O3/c30-24-18-6-5-17(31-16-2-1-3-16)14-19(18)21(26-27-24)13-15-4-7-22-20(12-15)23(28-32-22)29-10-8-25-9-11-29/h4-7,12,14,16,25H,1-3,8-11,13H2,(H,27,30). The Morgan fingerprint density at radius 2 is 1.94 bits per heavy atom. The van der Waals surface area contributed by atoms with Gasteiger partial charge in [0.15, 0.2) is 11.4 Å². The Hall–Kier alpha value is -3.39. The second-order valence-corrected chi connectivity index (χ2v) is 8.63. The summed E-state index contributed by atoms with van der Waals surface area (Å²) in [4.78, 5) is 14.6. The van der Waals surface area contributed by atoms with Crippen molar-refractivity contribution in [1.82, 2.24) is 20.7 Å². The molecule has 32 heavy (non-hydrogen) atoms. The molecule has 2 aliphatic rings. The van der Waals surface area contributed by atoms with Gasteiger partial charge < -0.3 is 19.5 Å². The first-order valence-electron chi connectivity index (χ1n) is 11.3. The normalized spacial score (nSPS) is 17.1. The number of ether oxygens (including phenoxy) is 1. The van der Waals surface area contributed by atoms with Gasteiger partial charge in [0.25, 0.3) is 5.56 Å². The number of aromatic amines is 1. The van der Waals surface area contributed by atoms with E-state index >= 15 is 0 Å². The van der Waals surface area contributed by atoms with Crippen molar-refractivity contribution in [1.29, 1.82) is 0 Å². The van der Waals surface area contributed by atoms with Gasteiger partial charge in [-0.1, -0.05) is 11.2 Å². The van der Waals surface area contributed by atoms with E-state index in [0.29, 0.717) is 11.8 Å². The first kappa shape index (κ1) is 19.3. The Kier molecular flexibility index (Phi) is 4.79. The fraction of sp³-hybridized carbons (Fsp3) is 0.375. The minimum Gasteiger partial charge on any atom is -0.490 e. The molecule has 0 radical (unpaired) electrons. The lowest BCUT2D eigenvalue weighted by Gasteiger charge is -2.27. The largest absolute Gasteiger partial charge is 0.490 e. The minimum absolute atomic E-state index is 0.186. The van der Waals surface area contributed by atoms with Crippen LogP contribution in [-0.4, -0.2) is 47.6 Å². The molecule has 0 amide bonds. The summed E-state index contributed by atoms with van der Waals surface area (Å²) in [7, 11) is 0. The van der Waals surface area contributed by atoms with Crippen molar-refractivity contribution in [2.75, 3.05) is 31.1 Å². The van der Waals surface area contributed by atoms with E-state index in [1.54, 1.807) is 0 Å². The van der Waals surface area contributed by atoms with Crippen LogP contribution in [0.15, 0.2) is 45.7 Å². The highest BCUT2D eigenvalue weighted by molar-refractivity contribution is 5.90. The molecular weight excluding hydrogens is 406 g/mol. The topological polar surface area (TPSA) is 96.3 Å². The fourth-order valence-corrected chi connectivity index (χ4v) is 4.47. The zero-order valence-corrected chi connectivity index (χ0v) is 17.8. The highest BCUT2D eigenvalue weighted by atomic mass is 16.5. The van der Waals surface area contributed by atoms with Crippen molar-refractivity contribution in [2.24, 2.45) is 0 Å². The number of H-pyrrole nitrogens is 1. The molecule has 0 bridgehead atoms. The number of hydrogen-bond acceptors (Lipinski definition) is 7. The Balaban J connectivity index is 1.35. The molecule has 8 nitrogen and oxygen atoms in total. The summed E-state index contributed by atoms with van der Waals surface area (Å²) < 4.78 is 11.6. The maximum Gasteiger partial charge on any atom is 0.272 e. The minimum atomic E-state index is -0.186. The molecule has 3 heterocycles. The van der Waals surface area contributed by atoms with Crippen molar-refractivity contribution in [3.05, 3.63) is 58.0 Å². The molecule has 4 aromatic rings. The highest BCUT2D eigenvalue weighted by Gasteiger charge is 2.20. The molecule has 1 aliphatic carbocycles. The van der Waals surface area contributed by atoms with Crippen molar-refractivity contribution in [3.63, 3.8) is 0 Å². The number of benzene rings is 2. The first-order valence-corrected chi connectivity index (χ1v) is 11.3. The second-order valence-electron chi connectivity index (χ2n) is 8.63. The predicted octanol–water partition coefficient (Wildman–Crippen LogP) is 3.00. The number of aromatic nitrogens is 3. The molecule has 1 saturated heterocycles. The number of nitrogens with zero attached hydrogens (tertiary/aromatic N) is 3. The summed E-state index contributed by atoms with van der Waals surface area (Å²) in [6.07, 6.45) is 4.26. The van der Waals surface area contributed by atoms with Gasteiger partial charge in [-0.15, -0.1) is 0 Å². The molecule has 2 fully saturated rings. The smallest absolute Gasteiger partial charge is 0.272 e. The van der Waals surface area contributed by atoms with Crippen LogP contribution in [-0.2, 0) is 6.42 Å². The Labute approximate surface area is 184 Å². The monoisotopic (exact) mass is 431 g/mol. The van der Waals surface area contributed by atoms with Crippen molar-refractivity contribution < 1.29 is 9.26 Å².